The van der Waals surface area contributed by atoms with Gasteiger partial charge in [-0.05, 0) is 18.4 Å². The number of hydrogen-bond acceptors (Lipinski definition) is 3. The number of hydrogen-bond donors (Lipinski definition) is 1. The van der Waals surface area contributed by atoms with E-state index < -0.39 is 6.10 Å². The van der Waals surface area contributed by atoms with Gasteiger partial charge < -0.3 is 14.6 Å². The molecule has 1 atom stereocenters. The van der Waals surface area contributed by atoms with Crippen LogP contribution in [0.1, 0.15) is 30.3 Å². The van der Waals surface area contributed by atoms with E-state index >= 15 is 0 Å². The zero-order valence-corrected chi connectivity index (χ0v) is 12.1. The van der Waals surface area contributed by atoms with Crippen LogP contribution in [0.5, 0.6) is 0 Å². The number of carbonyl (C=O) groups is 1. The van der Waals surface area contributed by atoms with Crippen LogP contribution in [-0.2, 0) is 22.5 Å². The van der Waals surface area contributed by atoms with Crippen molar-refractivity contribution in [2.45, 2.75) is 31.9 Å². The number of aromatic nitrogens is 2. The molecule has 0 saturated carbocycles. The lowest BCUT2D eigenvalue weighted by Crippen LogP contribution is -2.24. The molecule has 3 rings (SSSR count). The van der Waals surface area contributed by atoms with E-state index in [0.29, 0.717) is 0 Å². The number of nitrogens with one attached hydrogen (secondary N) is 1. The summed E-state index contributed by atoms with van der Waals surface area (Å²) < 4.78 is 7.43. The number of anilines is 1. The molecule has 0 saturated heterocycles. The number of nitrogens with zero attached hydrogens (tertiary/aromatic N) is 2. The van der Waals surface area contributed by atoms with E-state index in [1.807, 2.05) is 30.3 Å². The molecule has 5 heteroatoms. The van der Waals surface area contributed by atoms with E-state index in [9.17, 15) is 4.79 Å². The number of methoxy groups -OCH3 is 1. The summed E-state index contributed by atoms with van der Waals surface area (Å²) in [5.41, 5.74) is 0.843. The minimum Gasteiger partial charge on any atom is -0.367 e. The zero-order chi connectivity index (χ0) is 14.7. The van der Waals surface area contributed by atoms with E-state index in [-0.39, 0.29) is 5.91 Å². The van der Waals surface area contributed by atoms with Gasteiger partial charge in [-0.2, -0.15) is 0 Å². The Morgan fingerprint density at radius 2 is 2.14 bits per heavy atom. The second-order valence-electron chi connectivity index (χ2n) is 5.18. The number of aryl methyl sites for hydroxylation is 1. The summed E-state index contributed by atoms with van der Waals surface area (Å²) in [5, 5.41) is 2.94. The van der Waals surface area contributed by atoms with Crippen LogP contribution >= 0.6 is 0 Å². The summed E-state index contributed by atoms with van der Waals surface area (Å²) in [6.45, 7) is 0.911. The normalized spacial score (nSPS) is 15.3. The Kier molecular flexibility index (Phi) is 4.01. The fourth-order valence-electron chi connectivity index (χ4n) is 2.73. The Labute approximate surface area is 124 Å². The topological polar surface area (TPSA) is 56.1 Å². The third kappa shape index (κ3) is 2.83. The van der Waals surface area contributed by atoms with E-state index in [1.54, 1.807) is 13.3 Å². The first-order valence-corrected chi connectivity index (χ1v) is 7.22. The van der Waals surface area contributed by atoms with Crippen molar-refractivity contribution in [2.24, 2.45) is 0 Å². The fourth-order valence-corrected chi connectivity index (χ4v) is 2.73. The Hall–Kier alpha value is -2.14. The van der Waals surface area contributed by atoms with E-state index in [0.717, 1.165) is 43.0 Å². The Balaban J connectivity index is 1.78. The van der Waals surface area contributed by atoms with Gasteiger partial charge in [0.05, 0.1) is 6.20 Å². The second-order valence-corrected chi connectivity index (χ2v) is 5.18. The summed E-state index contributed by atoms with van der Waals surface area (Å²) in [6, 6.07) is 9.49. The Bertz CT molecular complexity index is 622. The largest absolute Gasteiger partial charge is 0.367 e. The van der Waals surface area contributed by atoms with E-state index in [2.05, 4.69) is 14.9 Å². The summed E-state index contributed by atoms with van der Waals surface area (Å²) in [7, 11) is 1.54. The van der Waals surface area contributed by atoms with Crippen molar-refractivity contribution in [1.29, 1.82) is 0 Å². The number of rotatable bonds is 4. The molecule has 1 amide bonds. The standard InChI is InChI=1S/C16H19N3O2/c1-21-15(12-7-3-2-4-8-12)16(20)18-14-11-17-13-9-5-6-10-19(13)14/h2-4,7-8,11,15H,5-6,9-10H2,1H3,(H,18,20)/t15-/m0/s1. The third-order valence-corrected chi connectivity index (χ3v) is 3.80. The van der Waals surface area contributed by atoms with Crippen LogP contribution in [0.2, 0.25) is 0 Å². The molecule has 1 N–H and O–H groups in total. The van der Waals surface area contributed by atoms with Crippen LogP contribution in [0.4, 0.5) is 5.82 Å². The summed E-state index contributed by atoms with van der Waals surface area (Å²) in [5.74, 6) is 1.63. The van der Waals surface area contributed by atoms with Crippen LogP contribution in [0.15, 0.2) is 36.5 Å². The molecule has 0 bridgehead atoms. The van der Waals surface area contributed by atoms with E-state index in [4.69, 9.17) is 4.74 Å². The molecular weight excluding hydrogens is 266 g/mol. The predicted octanol–water partition coefficient (Wildman–Crippen LogP) is 2.55. The van der Waals surface area contributed by atoms with Crippen molar-refractivity contribution in [1.82, 2.24) is 9.55 Å². The number of ether oxygens (including phenoxy) is 1. The van der Waals surface area contributed by atoms with E-state index in [1.165, 1.54) is 0 Å². The van der Waals surface area contributed by atoms with Gasteiger partial charge in [0.15, 0.2) is 6.10 Å². The quantitative estimate of drug-likeness (QED) is 0.939. The highest BCUT2D eigenvalue weighted by Gasteiger charge is 2.22. The highest BCUT2D eigenvalue weighted by molar-refractivity contribution is 5.94. The molecule has 2 aromatic rings. The third-order valence-electron chi connectivity index (χ3n) is 3.80. The lowest BCUT2D eigenvalue weighted by atomic mass is 10.1. The van der Waals surface area contributed by atoms with Gasteiger partial charge in [-0.1, -0.05) is 30.3 Å². The first kappa shape index (κ1) is 13.8. The summed E-state index contributed by atoms with van der Waals surface area (Å²) in [4.78, 5) is 16.8. The molecule has 110 valence electrons. The molecule has 0 fully saturated rings. The van der Waals surface area contributed by atoms with Gasteiger partial charge in [0.25, 0.3) is 5.91 Å². The van der Waals surface area contributed by atoms with Gasteiger partial charge in [0.1, 0.15) is 11.6 Å². The molecule has 0 radical (unpaired) electrons. The van der Waals surface area contributed by atoms with Gasteiger partial charge in [0.2, 0.25) is 0 Å². The van der Waals surface area contributed by atoms with Gasteiger partial charge >= 0.3 is 0 Å². The second kappa shape index (κ2) is 6.10. The van der Waals surface area contributed by atoms with Crippen LogP contribution in [0.3, 0.4) is 0 Å². The van der Waals surface area contributed by atoms with Crippen molar-refractivity contribution in [3.8, 4) is 0 Å². The van der Waals surface area contributed by atoms with Crippen molar-refractivity contribution in [3.05, 3.63) is 47.9 Å². The maximum absolute atomic E-state index is 12.5. The number of imidazole rings is 1. The first-order valence-electron chi connectivity index (χ1n) is 7.22. The smallest absolute Gasteiger partial charge is 0.259 e. The van der Waals surface area contributed by atoms with Gasteiger partial charge in [0, 0.05) is 20.1 Å². The molecule has 1 aliphatic heterocycles. The monoisotopic (exact) mass is 285 g/mol. The van der Waals surface area contributed by atoms with Gasteiger partial charge in [-0.3, -0.25) is 4.79 Å². The maximum Gasteiger partial charge on any atom is 0.259 e. The van der Waals surface area contributed by atoms with Crippen LogP contribution in [0, 0.1) is 0 Å². The molecule has 0 spiro atoms. The number of carbonyl (C=O) groups excluding carboxylic acids is 1. The maximum atomic E-state index is 12.5. The average Bonchev–Trinajstić information content (AvgIpc) is 2.92. The number of fused-ring (bicyclic) bond motifs is 1. The lowest BCUT2D eigenvalue weighted by Gasteiger charge is -2.19. The molecule has 21 heavy (non-hydrogen) atoms. The molecule has 0 aliphatic carbocycles. The highest BCUT2D eigenvalue weighted by Crippen LogP contribution is 2.22. The van der Waals surface area contributed by atoms with Crippen LogP contribution in [-0.4, -0.2) is 22.6 Å². The van der Waals surface area contributed by atoms with Crippen LogP contribution in [0.25, 0.3) is 0 Å². The Morgan fingerprint density at radius 3 is 2.90 bits per heavy atom. The first-order chi connectivity index (χ1) is 10.3. The number of benzene rings is 1. The molecule has 1 aromatic heterocycles. The zero-order valence-electron chi connectivity index (χ0n) is 12.1. The average molecular weight is 285 g/mol. The summed E-state index contributed by atoms with van der Waals surface area (Å²) in [6.07, 6.45) is 4.38. The molecule has 0 unspecified atom stereocenters. The fraction of sp³-hybridized carbons (Fsp3) is 0.375. The van der Waals surface area contributed by atoms with Crippen molar-refractivity contribution < 1.29 is 9.53 Å². The van der Waals surface area contributed by atoms with Crippen molar-refractivity contribution >= 4 is 11.7 Å². The molecular formula is C16H19N3O2. The summed E-state index contributed by atoms with van der Waals surface area (Å²) >= 11 is 0. The molecule has 2 heterocycles. The van der Waals surface area contributed by atoms with Gasteiger partial charge in [-0.15, -0.1) is 0 Å². The molecule has 5 nitrogen and oxygen atoms in total. The minimum atomic E-state index is -0.610. The number of amides is 1. The lowest BCUT2D eigenvalue weighted by molar-refractivity contribution is -0.126. The van der Waals surface area contributed by atoms with Crippen molar-refractivity contribution in [3.63, 3.8) is 0 Å². The molecule has 1 aromatic carbocycles. The SMILES string of the molecule is CO[C@H](C(=O)Nc1cnc2n1CCCC2)c1ccccc1. The minimum absolute atomic E-state index is 0.169. The van der Waals surface area contributed by atoms with Crippen LogP contribution < -0.4 is 5.32 Å². The van der Waals surface area contributed by atoms with Gasteiger partial charge in [-0.25, -0.2) is 4.98 Å². The highest BCUT2D eigenvalue weighted by atomic mass is 16.5. The predicted molar refractivity (Wildman–Crippen MR) is 80.0 cm³/mol. The van der Waals surface area contributed by atoms with Crippen molar-refractivity contribution in [2.75, 3.05) is 12.4 Å². The Morgan fingerprint density at radius 1 is 1.33 bits per heavy atom. The molecule has 1 aliphatic rings.